The van der Waals surface area contributed by atoms with Crippen LogP contribution in [-0.2, 0) is 0 Å². The Kier molecular flexibility index (Phi) is 3.22. The van der Waals surface area contributed by atoms with Crippen LogP contribution in [0.4, 0.5) is 11.5 Å². The van der Waals surface area contributed by atoms with Crippen LogP contribution in [0.3, 0.4) is 0 Å². The van der Waals surface area contributed by atoms with Gasteiger partial charge in [0.1, 0.15) is 17.6 Å². The monoisotopic (exact) mass is 249 g/mol. The zero-order chi connectivity index (χ0) is 13.1. The summed E-state index contributed by atoms with van der Waals surface area (Å²) in [6.07, 6.45) is 5.80. The first-order valence-corrected chi connectivity index (χ1v) is 5.37. The van der Waals surface area contributed by atoms with Gasteiger partial charge in [-0.3, -0.25) is 10.1 Å². The van der Waals surface area contributed by atoms with Crippen molar-refractivity contribution in [1.82, 2.24) is 4.98 Å². The molecule has 0 aliphatic carbocycles. The molecule has 18 heavy (non-hydrogen) atoms. The highest BCUT2D eigenvalue weighted by Gasteiger charge is 2.21. The first kappa shape index (κ1) is 12.0. The highest BCUT2D eigenvalue weighted by Crippen LogP contribution is 2.23. The van der Waals surface area contributed by atoms with Crippen LogP contribution >= 0.6 is 0 Å². The Morgan fingerprint density at radius 2 is 2.28 bits per heavy atom. The van der Waals surface area contributed by atoms with Crippen LogP contribution < -0.4 is 4.90 Å². The molecule has 7 heteroatoms. The van der Waals surface area contributed by atoms with Gasteiger partial charge in [0, 0.05) is 19.2 Å². The van der Waals surface area contributed by atoms with Crippen LogP contribution in [-0.4, -0.2) is 34.1 Å². The second-order valence-corrected chi connectivity index (χ2v) is 3.83. The normalized spacial score (nSPS) is 14.6. The molecule has 0 saturated carbocycles. The van der Waals surface area contributed by atoms with E-state index in [4.69, 9.17) is 5.11 Å². The predicted octanol–water partition coefficient (Wildman–Crippen LogP) is 1.45. The van der Waals surface area contributed by atoms with Gasteiger partial charge in [0.25, 0.3) is 5.69 Å². The molecular weight excluding hydrogens is 238 g/mol. The zero-order valence-corrected chi connectivity index (χ0v) is 9.44. The molecule has 94 valence electrons. The molecule has 1 aromatic rings. The van der Waals surface area contributed by atoms with Crippen molar-refractivity contribution in [2.24, 2.45) is 0 Å². The number of carbonyl (C=O) groups is 1. The molecular formula is C11H11N3O4. The summed E-state index contributed by atoms with van der Waals surface area (Å²) in [4.78, 5) is 26.8. The Morgan fingerprint density at radius 3 is 2.83 bits per heavy atom. The van der Waals surface area contributed by atoms with E-state index in [9.17, 15) is 14.9 Å². The lowest BCUT2D eigenvalue weighted by Gasteiger charge is -2.25. The van der Waals surface area contributed by atoms with Gasteiger partial charge < -0.3 is 10.0 Å². The summed E-state index contributed by atoms with van der Waals surface area (Å²) in [7, 11) is 0. The Labute approximate surface area is 103 Å². The minimum atomic E-state index is -1.21. The SMILES string of the molecule is O=C(O)c1cc([N+](=O)[O-])cnc1N1CC=CCC1. The summed E-state index contributed by atoms with van der Waals surface area (Å²) in [5.41, 5.74) is -0.455. The van der Waals surface area contributed by atoms with Gasteiger partial charge in [0.2, 0.25) is 0 Å². The first-order valence-electron chi connectivity index (χ1n) is 5.37. The fourth-order valence-corrected chi connectivity index (χ4v) is 1.79. The highest BCUT2D eigenvalue weighted by molar-refractivity contribution is 5.94. The quantitative estimate of drug-likeness (QED) is 0.494. The Bertz CT molecular complexity index is 527. The van der Waals surface area contributed by atoms with Crippen molar-refractivity contribution in [1.29, 1.82) is 0 Å². The minimum absolute atomic E-state index is 0.139. The molecule has 0 amide bonds. The lowest BCUT2D eigenvalue weighted by molar-refractivity contribution is -0.385. The predicted molar refractivity (Wildman–Crippen MR) is 63.8 cm³/mol. The molecule has 2 rings (SSSR count). The standard InChI is InChI=1S/C11H11N3O4/c15-11(16)9-6-8(14(17)18)7-12-10(9)13-4-2-1-3-5-13/h1-2,6-7H,3-5H2,(H,15,16). The molecule has 0 aromatic carbocycles. The molecule has 1 aliphatic heterocycles. The third-order valence-electron chi connectivity index (χ3n) is 2.65. The average molecular weight is 249 g/mol. The minimum Gasteiger partial charge on any atom is -0.478 e. The van der Waals surface area contributed by atoms with Crippen LogP contribution in [0.15, 0.2) is 24.4 Å². The molecule has 0 atom stereocenters. The maximum absolute atomic E-state index is 11.1. The summed E-state index contributed by atoms with van der Waals surface area (Å²) in [6.45, 7) is 1.21. The molecule has 1 aromatic heterocycles. The average Bonchev–Trinajstić information content (AvgIpc) is 2.39. The van der Waals surface area contributed by atoms with Gasteiger partial charge in [-0.2, -0.15) is 0 Å². The van der Waals surface area contributed by atoms with E-state index >= 15 is 0 Å². The molecule has 0 radical (unpaired) electrons. The van der Waals surface area contributed by atoms with Crippen LogP contribution in [0, 0.1) is 10.1 Å². The van der Waals surface area contributed by atoms with Gasteiger partial charge >= 0.3 is 5.97 Å². The third-order valence-corrected chi connectivity index (χ3v) is 2.65. The number of rotatable bonds is 3. The van der Waals surface area contributed by atoms with Gasteiger partial charge in [-0.05, 0) is 6.42 Å². The number of hydrogen-bond donors (Lipinski definition) is 1. The number of aromatic carboxylic acids is 1. The molecule has 0 saturated heterocycles. The van der Waals surface area contributed by atoms with E-state index in [0.29, 0.717) is 13.1 Å². The maximum atomic E-state index is 11.1. The second kappa shape index (κ2) is 4.82. The van der Waals surface area contributed by atoms with Crippen LogP contribution in [0.5, 0.6) is 0 Å². The van der Waals surface area contributed by atoms with E-state index in [0.717, 1.165) is 18.7 Å². The van der Waals surface area contributed by atoms with E-state index in [2.05, 4.69) is 4.98 Å². The number of nitro groups is 1. The smallest absolute Gasteiger partial charge is 0.339 e. The molecule has 0 fully saturated rings. The van der Waals surface area contributed by atoms with Crippen LogP contribution in [0.25, 0.3) is 0 Å². The van der Waals surface area contributed by atoms with Gasteiger partial charge in [0.15, 0.2) is 0 Å². The van der Waals surface area contributed by atoms with Crippen LogP contribution in [0.1, 0.15) is 16.8 Å². The second-order valence-electron chi connectivity index (χ2n) is 3.83. The molecule has 1 N–H and O–H groups in total. The van der Waals surface area contributed by atoms with E-state index < -0.39 is 10.9 Å². The number of carboxylic acid groups (broad SMARTS) is 1. The third kappa shape index (κ3) is 2.29. The van der Waals surface area contributed by atoms with Gasteiger partial charge in [-0.25, -0.2) is 9.78 Å². The van der Waals surface area contributed by atoms with E-state index in [1.165, 1.54) is 0 Å². The topological polar surface area (TPSA) is 96.6 Å². The number of hydrogen-bond acceptors (Lipinski definition) is 5. The molecule has 1 aliphatic rings. The molecule has 7 nitrogen and oxygen atoms in total. The summed E-state index contributed by atoms with van der Waals surface area (Å²) in [6, 6.07) is 1.04. The van der Waals surface area contributed by atoms with Crippen molar-refractivity contribution in [3.8, 4) is 0 Å². The summed E-state index contributed by atoms with van der Waals surface area (Å²) >= 11 is 0. The lowest BCUT2D eigenvalue weighted by atomic mass is 10.2. The van der Waals surface area contributed by atoms with E-state index in [-0.39, 0.29) is 17.1 Å². The zero-order valence-electron chi connectivity index (χ0n) is 9.44. The van der Waals surface area contributed by atoms with Crippen LogP contribution in [0.2, 0.25) is 0 Å². The maximum Gasteiger partial charge on any atom is 0.339 e. The van der Waals surface area contributed by atoms with Crippen molar-refractivity contribution in [3.05, 3.63) is 40.1 Å². The van der Waals surface area contributed by atoms with Crippen molar-refractivity contribution in [3.63, 3.8) is 0 Å². The Hall–Kier alpha value is -2.44. The number of carboxylic acids is 1. The van der Waals surface area contributed by atoms with Crippen molar-refractivity contribution < 1.29 is 14.8 Å². The summed E-state index contributed by atoms with van der Waals surface area (Å²) in [5, 5.41) is 19.7. The fraction of sp³-hybridized carbons (Fsp3) is 0.273. The number of pyridine rings is 1. The number of nitrogens with zero attached hydrogens (tertiary/aromatic N) is 3. The Morgan fingerprint density at radius 1 is 1.50 bits per heavy atom. The largest absolute Gasteiger partial charge is 0.478 e. The van der Waals surface area contributed by atoms with Gasteiger partial charge in [-0.1, -0.05) is 12.2 Å². The summed E-state index contributed by atoms with van der Waals surface area (Å²) in [5.74, 6) is -0.937. The molecule has 0 unspecified atom stereocenters. The van der Waals surface area contributed by atoms with E-state index in [1.807, 2.05) is 12.2 Å². The molecule has 0 spiro atoms. The van der Waals surface area contributed by atoms with E-state index in [1.54, 1.807) is 4.90 Å². The van der Waals surface area contributed by atoms with Crippen molar-refractivity contribution >= 4 is 17.5 Å². The first-order chi connectivity index (χ1) is 8.59. The number of aromatic nitrogens is 1. The molecule has 0 bridgehead atoms. The van der Waals surface area contributed by atoms with Gasteiger partial charge in [-0.15, -0.1) is 0 Å². The van der Waals surface area contributed by atoms with Crippen molar-refractivity contribution in [2.45, 2.75) is 6.42 Å². The Balaban J connectivity index is 2.43. The highest BCUT2D eigenvalue weighted by atomic mass is 16.6. The van der Waals surface area contributed by atoms with Crippen molar-refractivity contribution in [2.75, 3.05) is 18.0 Å². The van der Waals surface area contributed by atoms with Gasteiger partial charge in [0.05, 0.1) is 4.92 Å². The molecule has 2 heterocycles. The fourth-order valence-electron chi connectivity index (χ4n) is 1.79. The number of anilines is 1. The lowest BCUT2D eigenvalue weighted by Crippen LogP contribution is -2.29. The summed E-state index contributed by atoms with van der Waals surface area (Å²) < 4.78 is 0.